The van der Waals surface area contributed by atoms with Crippen molar-refractivity contribution in [1.82, 2.24) is 0 Å². The Balaban J connectivity index is 2.68. The molecule has 0 aromatic heterocycles. The molecule has 0 unspecified atom stereocenters. The van der Waals surface area contributed by atoms with Crippen LogP contribution in [0.4, 0.5) is 11.4 Å². The average Bonchev–Trinajstić information content (AvgIpc) is 2.65. The molecule has 10 heteroatoms. The first-order valence-corrected chi connectivity index (χ1v) is 11.7. The van der Waals surface area contributed by atoms with Crippen LogP contribution >= 0.6 is 0 Å². The van der Waals surface area contributed by atoms with Gasteiger partial charge >= 0.3 is 0 Å². The van der Waals surface area contributed by atoms with Gasteiger partial charge in [-0.05, 0) is 48.5 Å². The Morgan fingerprint density at radius 2 is 1.04 bits per heavy atom. The van der Waals surface area contributed by atoms with Crippen LogP contribution in [0.1, 0.15) is 13.8 Å². The number of aromatic hydroxyl groups is 2. The quantitative estimate of drug-likeness (QED) is 0.474. The van der Waals surface area contributed by atoms with Gasteiger partial charge in [0.05, 0.1) is 11.5 Å². The number of hydrogen-bond acceptors (Lipinski definition) is 8. The predicted octanol–water partition coefficient (Wildman–Crippen LogP) is 2.62. The molecule has 8 nitrogen and oxygen atoms in total. The highest BCUT2D eigenvalue weighted by Gasteiger charge is 2.32. The van der Waals surface area contributed by atoms with Crippen molar-refractivity contribution in [3.63, 3.8) is 0 Å². The molecule has 0 aliphatic carbocycles. The maximum Gasteiger partial charge on any atom is 0.199 e. The number of nitrogens with one attached hydrogen (secondary N) is 2. The minimum atomic E-state index is -4.12. The Bertz CT molecular complexity index is 973. The first-order valence-electron chi connectivity index (χ1n) is 8.41. The molecular formula is C18H22N2O6S2. The summed E-state index contributed by atoms with van der Waals surface area (Å²) in [6, 6.07) is 11.4. The van der Waals surface area contributed by atoms with Crippen LogP contribution in [0.5, 0.6) is 11.5 Å². The van der Waals surface area contributed by atoms with E-state index < -0.39 is 35.4 Å². The molecule has 0 saturated heterocycles. The Morgan fingerprint density at radius 1 is 0.714 bits per heavy atom. The summed E-state index contributed by atoms with van der Waals surface area (Å²) in [4.78, 5) is 0. The van der Waals surface area contributed by atoms with E-state index in [1.807, 2.05) is 0 Å². The van der Waals surface area contributed by atoms with E-state index in [4.69, 9.17) is 0 Å². The van der Waals surface area contributed by atoms with E-state index in [1.165, 1.54) is 62.4 Å². The van der Waals surface area contributed by atoms with Crippen LogP contribution in [0.3, 0.4) is 0 Å². The molecule has 2 aromatic rings. The summed E-state index contributed by atoms with van der Waals surface area (Å²) in [5.41, 5.74) is 0.739. The molecule has 0 amide bonds. The summed E-state index contributed by atoms with van der Waals surface area (Å²) < 4.78 is 49.8. The fourth-order valence-corrected chi connectivity index (χ4v) is 5.88. The zero-order valence-electron chi connectivity index (χ0n) is 15.4. The fourth-order valence-electron chi connectivity index (χ4n) is 2.28. The summed E-state index contributed by atoms with van der Waals surface area (Å²) >= 11 is 0. The van der Waals surface area contributed by atoms with Gasteiger partial charge in [-0.3, -0.25) is 0 Å². The molecule has 0 bridgehead atoms. The number of anilines is 2. The van der Waals surface area contributed by atoms with Gasteiger partial charge in [-0.2, -0.15) is 0 Å². The second-order valence-corrected chi connectivity index (χ2v) is 10.5. The molecule has 4 N–H and O–H groups in total. The zero-order chi connectivity index (χ0) is 20.9. The lowest BCUT2D eigenvalue weighted by atomic mass is 10.3. The highest BCUT2D eigenvalue weighted by Crippen LogP contribution is 2.26. The van der Waals surface area contributed by atoms with Crippen molar-refractivity contribution < 1.29 is 27.0 Å². The highest BCUT2D eigenvalue weighted by atomic mass is 32.3. The van der Waals surface area contributed by atoms with E-state index in [2.05, 4.69) is 10.6 Å². The van der Waals surface area contributed by atoms with Crippen molar-refractivity contribution >= 4 is 31.0 Å². The topological polar surface area (TPSA) is 133 Å². The van der Waals surface area contributed by atoms with Gasteiger partial charge in [0.25, 0.3) is 0 Å². The minimum Gasteiger partial charge on any atom is -0.508 e. The van der Waals surface area contributed by atoms with Crippen molar-refractivity contribution in [1.29, 1.82) is 0 Å². The molecule has 0 saturated carbocycles. The normalized spacial score (nSPS) is 11.6. The average molecular weight is 427 g/mol. The number of rotatable bonds is 8. The third kappa shape index (κ3) is 5.17. The summed E-state index contributed by atoms with van der Waals surface area (Å²) in [6.07, 6.45) is 0. The third-order valence-corrected chi connectivity index (χ3v) is 8.38. The van der Waals surface area contributed by atoms with Crippen molar-refractivity contribution in [3.8, 4) is 11.5 Å². The molecule has 0 spiro atoms. The van der Waals surface area contributed by atoms with Gasteiger partial charge < -0.3 is 20.8 Å². The fraction of sp³-hybridized carbons (Fsp3) is 0.222. The lowest BCUT2D eigenvalue weighted by molar-refractivity contribution is 0.475. The number of phenolic OH excluding ortho intramolecular Hbond substituents is 2. The molecule has 2 aromatic carbocycles. The summed E-state index contributed by atoms with van der Waals surface area (Å²) in [6.45, 7) is 2.72. The Kier molecular flexibility index (Phi) is 6.57. The van der Waals surface area contributed by atoms with Crippen molar-refractivity contribution in [2.75, 3.05) is 22.1 Å². The second-order valence-electron chi connectivity index (χ2n) is 5.81. The number of sulfone groups is 2. The van der Waals surface area contributed by atoms with E-state index in [-0.39, 0.29) is 17.3 Å². The number of benzene rings is 2. The molecule has 2 rings (SSSR count). The molecule has 0 aliphatic heterocycles. The Morgan fingerprint density at radius 3 is 1.32 bits per heavy atom. The van der Waals surface area contributed by atoms with Gasteiger partial charge in [0.1, 0.15) is 17.3 Å². The molecule has 0 heterocycles. The molecule has 152 valence electrons. The van der Waals surface area contributed by atoms with Crippen LogP contribution in [-0.4, -0.2) is 38.6 Å². The molecule has 0 radical (unpaired) electrons. The minimum absolute atomic E-state index is 0.00477. The van der Waals surface area contributed by atoms with E-state index in [1.54, 1.807) is 0 Å². The molecule has 0 atom stereocenters. The van der Waals surface area contributed by atoms with Crippen molar-refractivity contribution in [2.24, 2.45) is 0 Å². The molecule has 0 fully saturated rings. The maximum atomic E-state index is 12.6. The van der Waals surface area contributed by atoms with Gasteiger partial charge in [-0.1, -0.05) is 13.8 Å². The van der Waals surface area contributed by atoms with Crippen molar-refractivity contribution in [3.05, 3.63) is 58.6 Å². The van der Waals surface area contributed by atoms with Gasteiger partial charge in [0.2, 0.25) is 0 Å². The molecule has 0 aliphatic rings. The number of hydrogen-bond donors (Lipinski definition) is 4. The summed E-state index contributed by atoms with van der Waals surface area (Å²) in [7, 11) is -8.24. The van der Waals surface area contributed by atoms with Gasteiger partial charge in [-0.25, -0.2) is 16.8 Å². The standard InChI is InChI=1S/C18H22N2O6S2/c1-3-27(23,24)18(28(25,26)4-2)17(19-13-5-9-15(21)10-6-13)20-14-7-11-16(22)12-8-14/h5-12,19-22H,3-4H2,1-2H3. The predicted molar refractivity (Wildman–Crippen MR) is 109 cm³/mol. The first-order chi connectivity index (χ1) is 13.1. The van der Waals surface area contributed by atoms with Crippen LogP contribution in [0, 0.1) is 0 Å². The lowest BCUT2D eigenvalue weighted by Gasteiger charge is -2.19. The van der Waals surface area contributed by atoms with Crippen LogP contribution in [-0.2, 0) is 19.7 Å². The SMILES string of the molecule is CCS(=O)(=O)C(=C(Nc1ccc(O)cc1)Nc1ccc(O)cc1)S(=O)(=O)CC. The van der Waals surface area contributed by atoms with Crippen LogP contribution < -0.4 is 10.6 Å². The van der Waals surface area contributed by atoms with Crippen LogP contribution in [0.25, 0.3) is 0 Å². The molecule has 28 heavy (non-hydrogen) atoms. The van der Waals surface area contributed by atoms with Crippen LogP contribution in [0.2, 0.25) is 0 Å². The maximum absolute atomic E-state index is 12.6. The van der Waals surface area contributed by atoms with Gasteiger partial charge in [-0.15, -0.1) is 0 Å². The first kappa shape index (κ1) is 21.6. The molecular weight excluding hydrogens is 404 g/mol. The monoisotopic (exact) mass is 426 g/mol. The largest absolute Gasteiger partial charge is 0.508 e. The van der Waals surface area contributed by atoms with E-state index in [9.17, 15) is 27.0 Å². The zero-order valence-corrected chi connectivity index (χ0v) is 17.0. The Hall–Kier alpha value is -2.72. The Labute approximate surface area is 164 Å². The van der Waals surface area contributed by atoms with Gasteiger partial charge in [0.15, 0.2) is 23.9 Å². The second kappa shape index (κ2) is 8.53. The van der Waals surface area contributed by atoms with Crippen LogP contribution in [0.15, 0.2) is 58.6 Å². The summed E-state index contributed by atoms with van der Waals surface area (Å²) in [5, 5.41) is 24.4. The highest BCUT2D eigenvalue weighted by molar-refractivity contribution is 8.14. The van der Waals surface area contributed by atoms with E-state index >= 15 is 0 Å². The smallest absolute Gasteiger partial charge is 0.199 e. The third-order valence-electron chi connectivity index (χ3n) is 3.80. The van der Waals surface area contributed by atoms with E-state index in [0.29, 0.717) is 11.4 Å². The lowest BCUT2D eigenvalue weighted by Crippen LogP contribution is -2.25. The van der Waals surface area contributed by atoms with Gasteiger partial charge in [0, 0.05) is 11.4 Å². The van der Waals surface area contributed by atoms with E-state index in [0.717, 1.165) is 0 Å². The summed E-state index contributed by atoms with van der Waals surface area (Å²) in [5.74, 6) is -1.03. The van der Waals surface area contributed by atoms with Crippen molar-refractivity contribution in [2.45, 2.75) is 13.8 Å². The number of phenols is 2.